The summed E-state index contributed by atoms with van der Waals surface area (Å²) in [7, 11) is 1.99. The van der Waals surface area contributed by atoms with Gasteiger partial charge in [-0.3, -0.25) is 4.79 Å². The lowest BCUT2D eigenvalue weighted by molar-refractivity contribution is -0.138. The van der Waals surface area contributed by atoms with Crippen molar-refractivity contribution in [2.75, 3.05) is 18.5 Å². The molecule has 1 atom stereocenters. The molecule has 1 aromatic rings. The number of benzene rings is 1. The van der Waals surface area contributed by atoms with Crippen molar-refractivity contribution in [1.29, 1.82) is 0 Å². The fourth-order valence-corrected chi connectivity index (χ4v) is 2.54. The van der Waals surface area contributed by atoms with Gasteiger partial charge in [-0.25, -0.2) is 0 Å². The standard InChI is InChI=1S/C15H22N2O2/c1-17(9-8-14(16)15(18)19)13-7-6-11-4-2-3-5-12(11)10-13/h6-7,10,14H,2-5,8-9,16H2,1H3,(H,18,19). The van der Waals surface area contributed by atoms with Crippen LogP contribution in [0.1, 0.15) is 30.4 Å². The van der Waals surface area contributed by atoms with Gasteiger partial charge in [0.1, 0.15) is 6.04 Å². The zero-order chi connectivity index (χ0) is 13.8. The van der Waals surface area contributed by atoms with Crippen LogP contribution >= 0.6 is 0 Å². The minimum atomic E-state index is -0.932. The number of fused-ring (bicyclic) bond motifs is 1. The van der Waals surface area contributed by atoms with Crippen molar-refractivity contribution >= 4 is 11.7 Å². The van der Waals surface area contributed by atoms with E-state index in [1.807, 2.05) is 7.05 Å². The van der Waals surface area contributed by atoms with E-state index < -0.39 is 12.0 Å². The van der Waals surface area contributed by atoms with Crippen molar-refractivity contribution < 1.29 is 9.90 Å². The van der Waals surface area contributed by atoms with Gasteiger partial charge < -0.3 is 15.7 Å². The van der Waals surface area contributed by atoms with Crippen molar-refractivity contribution in [3.63, 3.8) is 0 Å². The zero-order valence-electron chi connectivity index (χ0n) is 11.4. The highest BCUT2D eigenvalue weighted by Gasteiger charge is 2.14. The summed E-state index contributed by atoms with van der Waals surface area (Å²) >= 11 is 0. The maximum Gasteiger partial charge on any atom is 0.320 e. The molecule has 0 aliphatic heterocycles. The van der Waals surface area contributed by atoms with Crippen LogP contribution in [0.15, 0.2) is 18.2 Å². The van der Waals surface area contributed by atoms with E-state index in [4.69, 9.17) is 10.8 Å². The molecule has 104 valence electrons. The number of carboxylic acid groups (broad SMARTS) is 1. The summed E-state index contributed by atoms with van der Waals surface area (Å²) in [5.41, 5.74) is 9.58. The number of hydrogen-bond acceptors (Lipinski definition) is 3. The summed E-state index contributed by atoms with van der Waals surface area (Å²) in [5.74, 6) is -0.932. The van der Waals surface area contributed by atoms with Crippen molar-refractivity contribution in [2.45, 2.75) is 38.1 Å². The average molecular weight is 262 g/mol. The second-order valence-electron chi connectivity index (χ2n) is 5.32. The lowest BCUT2D eigenvalue weighted by Gasteiger charge is -2.23. The third-order valence-corrected chi connectivity index (χ3v) is 3.87. The number of aryl methyl sites for hydroxylation is 2. The molecular weight excluding hydrogens is 240 g/mol. The number of anilines is 1. The van der Waals surface area contributed by atoms with Gasteiger partial charge in [-0.05, 0) is 55.4 Å². The Bertz CT molecular complexity index is 459. The topological polar surface area (TPSA) is 66.6 Å². The maximum atomic E-state index is 10.7. The normalized spacial score (nSPS) is 15.7. The molecule has 0 fully saturated rings. The largest absolute Gasteiger partial charge is 0.480 e. The van der Waals surface area contributed by atoms with Gasteiger partial charge in [0, 0.05) is 19.3 Å². The molecule has 4 nitrogen and oxygen atoms in total. The van der Waals surface area contributed by atoms with E-state index in [2.05, 4.69) is 23.1 Å². The lowest BCUT2D eigenvalue weighted by atomic mass is 9.91. The van der Waals surface area contributed by atoms with E-state index in [0.717, 1.165) is 12.1 Å². The molecule has 1 aliphatic rings. The summed E-state index contributed by atoms with van der Waals surface area (Å²) in [5, 5.41) is 8.78. The summed E-state index contributed by atoms with van der Waals surface area (Å²) < 4.78 is 0. The van der Waals surface area contributed by atoms with E-state index in [1.54, 1.807) is 0 Å². The van der Waals surface area contributed by atoms with Gasteiger partial charge in [0.05, 0.1) is 0 Å². The highest BCUT2D eigenvalue weighted by Crippen LogP contribution is 2.25. The molecule has 0 radical (unpaired) electrons. The van der Waals surface area contributed by atoms with Crippen LogP contribution in [0.4, 0.5) is 5.69 Å². The van der Waals surface area contributed by atoms with Crippen LogP contribution in [-0.2, 0) is 17.6 Å². The van der Waals surface area contributed by atoms with Crippen LogP contribution in [-0.4, -0.2) is 30.7 Å². The summed E-state index contributed by atoms with van der Waals surface area (Å²) in [4.78, 5) is 12.8. The van der Waals surface area contributed by atoms with Crippen molar-refractivity contribution in [1.82, 2.24) is 0 Å². The number of nitrogens with zero attached hydrogens (tertiary/aromatic N) is 1. The van der Waals surface area contributed by atoms with E-state index in [9.17, 15) is 4.79 Å². The summed E-state index contributed by atoms with van der Waals surface area (Å²) in [6.45, 7) is 0.659. The minimum Gasteiger partial charge on any atom is -0.480 e. The van der Waals surface area contributed by atoms with Gasteiger partial charge in [0.25, 0.3) is 0 Å². The molecule has 19 heavy (non-hydrogen) atoms. The molecule has 0 bridgehead atoms. The fraction of sp³-hybridized carbons (Fsp3) is 0.533. The number of hydrogen-bond donors (Lipinski definition) is 2. The van der Waals surface area contributed by atoms with E-state index >= 15 is 0 Å². The van der Waals surface area contributed by atoms with Crippen LogP contribution in [0.25, 0.3) is 0 Å². The number of carbonyl (C=O) groups is 1. The van der Waals surface area contributed by atoms with Crippen LogP contribution < -0.4 is 10.6 Å². The highest BCUT2D eigenvalue weighted by atomic mass is 16.4. The molecule has 0 amide bonds. The second-order valence-corrected chi connectivity index (χ2v) is 5.32. The Balaban J connectivity index is 1.99. The molecule has 1 aliphatic carbocycles. The Labute approximate surface area is 114 Å². The minimum absolute atomic E-state index is 0.461. The first-order valence-corrected chi connectivity index (χ1v) is 6.89. The number of aliphatic carboxylic acids is 1. The summed E-state index contributed by atoms with van der Waals surface area (Å²) in [6, 6.07) is 5.79. The Kier molecular flexibility index (Phi) is 4.43. The molecule has 2 rings (SSSR count). The Morgan fingerprint density at radius 1 is 1.37 bits per heavy atom. The molecule has 1 aromatic carbocycles. The second kappa shape index (κ2) is 6.06. The van der Waals surface area contributed by atoms with E-state index in [0.29, 0.717) is 13.0 Å². The monoisotopic (exact) mass is 262 g/mol. The molecular formula is C15H22N2O2. The van der Waals surface area contributed by atoms with E-state index in [1.165, 1.54) is 30.4 Å². The Morgan fingerprint density at radius 2 is 2.05 bits per heavy atom. The molecule has 4 heteroatoms. The van der Waals surface area contributed by atoms with Crippen LogP contribution in [0.3, 0.4) is 0 Å². The van der Waals surface area contributed by atoms with Gasteiger partial charge in [-0.15, -0.1) is 0 Å². The first-order valence-electron chi connectivity index (χ1n) is 6.89. The van der Waals surface area contributed by atoms with Gasteiger partial charge in [0.2, 0.25) is 0 Å². The van der Waals surface area contributed by atoms with Gasteiger partial charge in [-0.1, -0.05) is 6.07 Å². The lowest BCUT2D eigenvalue weighted by Crippen LogP contribution is -2.34. The maximum absolute atomic E-state index is 10.7. The Morgan fingerprint density at radius 3 is 2.74 bits per heavy atom. The van der Waals surface area contributed by atoms with Gasteiger partial charge in [-0.2, -0.15) is 0 Å². The van der Waals surface area contributed by atoms with Gasteiger partial charge in [0.15, 0.2) is 0 Å². The van der Waals surface area contributed by atoms with Crippen molar-refractivity contribution in [2.24, 2.45) is 5.73 Å². The zero-order valence-corrected chi connectivity index (χ0v) is 11.4. The summed E-state index contributed by atoms with van der Waals surface area (Å²) in [6.07, 6.45) is 5.36. The number of rotatable bonds is 5. The number of nitrogens with two attached hydrogens (primary N) is 1. The molecule has 0 saturated carbocycles. The predicted octanol–water partition coefficient (Wildman–Crippen LogP) is 1.80. The average Bonchev–Trinajstić information content (AvgIpc) is 2.43. The molecule has 0 spiro atoms. The predicted molar refractivity (Wildman–Crippen MR) is 76.6 cm³/mol. The Hall–Kier alpha value is -1.55. The third kappa shape index (κ3) is 3.47. The quantitative estimate of drug-likeness (QED) is 0.849. The molecule has 0 aromatic heterocycles. The van der Waals surface area contributed by atoms with Crippen molar-refractivity contribution in [3.8, 4) is 0 Å². The molecule has 0 heterocycles. The third-order valence-electron chi connectivity index (χ3n) is 3.87. The van der Waals surface area contributed by atoms with Crippen LogP contribution in [0.5, 0.6) is 0 Å². The number of carboxylic acids is 1. The molecule has 1 unspecified atom stereocenters. The van der Waals surface area contributed by atoms with Gasteiger partial charge >= 0.3 is 5.97 Å². The first-order chi connectivity index (χ1) is 9.08. The smallest absolute Gasteiger partial charge is 0.320 e. The highest BCUT2D eigenvalue weighted by molar-refractivity contribution is 5.73. The molecule has 3 N–H and O–H groups in total. The van der Waals surface area contributed by atoms with E-state index in [-0.39, 0.29) is 0 Å². The first kappa shape index (κ1) is 13.9. The SMILES string of the molecule is CN(CCC(N)C(=O)O)c1ccc2c(c1)CCCC2. The molecule has 0 saturated heterocycles. The van der Waals surface area contributed by atoms with Crippen LogP contribution in [0, 0.1) is 0 Å². The van der Waals surface area contributed by atoms with Crippen molar-refractivity contribution in [3.05, 3.63) is 29.3 Å². The fourth-order valence-electron chi connectivity index (χ4n) is 2.54. The van der Waals surface area contributed by atoms with Crippen LogP contribution in [0.2, 0.25) is 0 Å².